The van der Waals surface area contributed by atoms with Crippen LogP contribution >= 0.6 is 23.5 Å². The van der Waals surface area contributed by atoms with Crippen LogP contribution in [0.1, 0.15) is 30.4 Å². The third-order valence-electron chi connectivity index (χ3n) is 4.62. The number of hydrogen-bond donors (Lipinski definition) is 2. The lowest BCUT2D eigenvalue weighted by Crippen LogP contribution is -2.17. The third kappa shape index (κ3) is 5.24. The molecule has 1 aliphatic carbocycles. The van der Waals surface area contributed by atoms with Crippen LogP contribution in [0.25, 0.3) is 0 Å². The fraction of sp³-hybridized carbons (Fsp3) is 0.350. The highest BCUT2D eigenvalue weighted by atomic mass is 35.5. The molecule has 0 aliphatic heterocycles. The Morgan fingerprint density at radius 2 is 2.04 bits per heavy atom. The molecule has 3 N–H and O–H groups in total. The van der Waals surface area contributed by atoms with Gasteiger partial charge < -0.3 is 10.1 Å². The van der Waals surface area contributed by atoms with Crippen LogP contribution < -0.4 is 10.5 Å². The van der Waals surface area contributed by atoms with Crippen molar-refractivity contribution in [2.45, 2.75) is 37.2 Å². The van der Waals surface area contributed by atoms with Crippen molar-refractivity contribution in [3.8, 4) is 0 Å². The zero-order valence-electron chi connectivity index (χ0n) is 14.5. The monoisotopic (exact) mass is 390 g/mol. The van der Waals surface area contributed by atoms with E-state index in [9.17, 15) is 4.79 Å². The summed E-state index contributed by atoms with van der Waals surface area (Å²) in [4.78, 5) is 13.2. The molecule has 0 bridgehead atoms. The molecule has 0 aromatic heterocycles. The van der Waals surface area contributed by atoms with Crippen molar-refractivity contribution >= 4 is 35.1 Å². The Morgan fingerprint density at radius 1 is 1.23 bits per heavy atom. The van der Waals surface area contributed by atoms with E-state index in [2.05, 4.69) is 5.32 Å². The summed E-state index contributed by atoms with van der Waals surface area (Å²) in [6, 6.07) is 13.1. The molecule has 0 atom stereocenters. The van der Waals surface area contributed by atoms with Crippen molar-refractivity contribution in [1.82, 2.24) is 0 Å². The normalized spacial score (nSPS) is 14.1. The van der Waals surface area contributed by atoms with Crippen molar-refractivity contribution in [1.29, 1.82) is 0 Å². The van der Waals surface area contributed by atoms with Gasteiger partial charge in [0, 0.05) is 22.2 Å². The summed E-state index contributed by atoms with van der Waals surface area (Å²) in [7, 11) is 0. The molecular weight excluding hydrogens is 368 g/mol. The summed E-state index contributed by atoms with van der Waals surface area (Å²) >= 11 is 7.28. The van der Waals surface area contributed by atoms with Gasteiger partial charge in [-0.3, -0.25) is 9.93 Å². The van der Waals surface area contributed by atoms with E-state index < -0.39 is 0 Å². The lowest BCUT2D eigenvalue weighted by molar-refractivity contribution is -0.115. The predicted octanol–water partition coefficient (Wildman–Crippen LogP) is 4.80. The van der Waals surface area contributed by atoms with E-state index >= 15 is 0 Å². The zero-order valence-corrected chi connectivity index (χ0v) is 16.1. The SMILES string of the molecule is NSc1cc(NC(=O)Cc2ccccc2Cl)ccc1COCC1CCC1. The Morgan fingerprint density at radius 3 is 2.73 bits per heavy atom. The molecule has 3 rings (SSSR count). The first kappa shape index (κ1) is 19.2. The molecule has 26 heavy (non-hydrogen) atoms. The van der Waals surface area contributed by atoms with Gasteiger partial charge in [0.2, 0.25) is 5.91 Å². The number of amides is 1. The summed E-state index contributed by atoms with van der Waals surface area (Å²) < 4.78 is 5.81. The van der Waals surface area contributed by atoms with Crippen LogP contribution in [0.4, 0.5) is 5.69 Å². The molecule has 1 saturated carbocycles. The van der Waals surface area contributed by atoms with E-state index in [0.717, 1.165) is 28.3 Å². The Hall–Kier alpha value is -1.53. The van der Waals surface area contributed by atoms with Crippen LogP contribution in [0.3, 0.4) is 0 Å². The molecule has 1 fully saturated rings. The van der Waals surface area contributed by atoms with Crippen LogP contribution in [0.5, 0.6) is 0 Å². The number of benzene rings is 2. The lowest BCUT2D eigenvalue weighted by Gasteiger charge is -2.25. The van der Waals surface area contributed by atoms with Crippen molar-refractivity contribution in [3.63, 3.8) is 0 Å². The molecule has 0 unspecified atom stereocenters. The maximum absolute atomic E-state index is 12.3. The fourth-order valence-corrected chi connectivity index (χ4v) is 3.55. The second-order valence-corrected chi connectivity index (χ2v) is 7.65. The topological polar surface area (TPSA) is 64.3 Å². The number of halogens is 1. The van der Waals surface area contributed by atoms with Gasteiger partial charge in [0.25, 0.3) is 0 Å². The predicted molar refractivity (Wildman–Crippen MR) is 107 cm³/mol. The molecular formula is C20H23ClN2O2S. The Kier molecular flexibility index (Phi) is 6.97. The second-order valence-electron chi connectivity index (χ2n) is 6.57. The molecule has 1 aliphatic rings. The third-order valence-corrected chi connectivity index (χ3v) is 5.63. The van der Waals surface area contributed by atoms with Crippen molar-refractivity contribution in [2.24, 2.45) is 11.1 Å². The minimum absolute atomic E-state index is 0.111. The Labute approximate surface area is 163 Å². The molecule has 1 amide bonds. The lowest BCUT2D eigenvalue weighted by atomic mass is 9.86. The van der Waals surface area contributed by atoms with Gasteiger partial charge in [-0.2, -0.15) is 0 Å². The minimum Gasteiger partial charge on any atom is -0.376 e. The van der Waals surface area contributed by atoms with Crippen LogP contribution in [-0.2, 0) is 22.6 Å². The van der Waals surface area contributed by atoms with E-state index in [-0.39, 0.29) is 12.3 Å². The van der Waals surface area contributed by atoms with E-state index in [0.29, 0.717) is 17.5 Å². The Bertz CT molecular complexity index is 765. The van der Waals surface area contributed by atoms with Crippen molar-refractivity contribution < 1.29 is 9.53 Å². The fourth-order valence-electron chi connectivity index (χ4n) is 2.88. The highest BCUT2D eigenvalue weighted by Crippen LogP contribution is 2.28. The van der Waals surface area contributed by atoms with Crippen LogP contribution in [-0.4, -0.2) is 12.5 Å². The second kappa shape index (κ2) is 9.42. The highest BCUT2D eigenvalue weighted by molar-refractivity contribution is 7.97. The van der Waals surface area contributed by atoms with Crippen molar-refractivity contribution in [2.75, 3.05) is 11.9 Å². The van der Waals surface area contributed by atoms with Crippen molar-refractivity contribution in [3.05, 3.63) is 58.6 Å². The number of hydrogen-bond acceptors (Lipinski definition) is 4. The van der Waals surface area contributed by atoms with Crippen LogP contribution in [0, 0.1) is 5.92 Å². The van der Waals surface area contributed by atoms with Gasteiger partial charge >= 0.3 is 0 Å². The summed E-state index contributed by atoms with van der Waals surface area (Å²) in [5.41, 5.74) is 2.57. The largest absolute Gasteiger partial charge is 0.376 e. The standard InChI is InChI=1S/C20H23ClN2O2S/c21-18-7-2-1-6-15(18)10-20(24)23-17-9-8-16(19(11-17)26-22)13-25-12-14-4-3-5-14/h1-2,6-9,11,14H,3-5,10,12-13,22H2,(H,23,24). The first-order valence-electron chi connectivity index (χ1n) is 8.76. The number of anilines is 1. The number of carbonyl (C=O) groups is 1. The average Bonchev–Trinajstić information content (AvgIpc) is 2.60. The number of nitrogens with one attached hydrogen (secondary N) is 1. The Balaban J connectivity index is 1.57. The number of ether oxygens (including phenoxy) is 1. The maximum Gasteiger partial charge on any atom is 0.228 e. The minimum atomic E-state index is -0.111. The van der Waals surface area contributed by atoms with E-state index in [1.54, 1.807) is 6.07 Å². The van der Waals surface area contributed by atoms with Gasteiger partial charge in [0.05, 0.1) is 13.0 Å². The smallest absolute Gasteiger partial charge is 0.228 e. The number of carbonyl (C=O) groups excluding carboxylic acids is 1. The first-order chi connectivity index (χ1) is 12.7. The maximum atomic E-state index is 12.3. The molecule has 0 heterocycles. The van der Waals surface area contributed by atoms with Gasteiger partial charge in [-0.25, -0.2) is 0 Å². The summed E-state index contributed by atoms with van der Waals surface area (Å²) in [5, 5.41) is 9.30. The molecule has 2 aromatic rings. The number of rotatable bonds is 8. The molecule has 0 radical (unpaired) electrons. The number of nitrogens with two attached hydrogens (primary N) is 1. The van der Waals surface area contributed by atoms with Crippen LogP contribution in [0.15, 0.2) is 47.4 Å². The van der Waals surface area contributed by atoms with E-state index in [1.807, 2.05) is 36.4 Å². The van der Waals surface area contributed by atoms with E-state index in [1.165, 1.54) is 31.2 Å². The molecule has 0 saturated heterocycles. The molecule has 0 spiro atoms. The first-order valence-corrected chi connectivity index (χ1v) is 10.0. The van der Waals surface area contributed by atoms with Gasteiger partial charge in [0.1, 0.15) is 0 Å². The molecule has 2 aromatic carbocycles. The average molecular weight is 391 g/mol. The molecule has 6 heteroatoms. The van der Waals surface area contributed by atoms with Gasteiger partial charge in [-0.15, -0.1) is 0 Å². The van der Waals surface area contributed by atoms with Gasteiger partial charge in [-0.1, -0.05) is 42.3 Å². The van der Waals surface area contributed by atoms with E-state index in [4.69, 9.17) is 21.5 Å². The van der Waals surface area contributed by atoms with Crippen LogP contribution in [0.2, 0.25) is 5.02 Å². The zero-order chi connectivity index (χ0) is 18.4. The van der Waals surface area contributed by atoms with Gasteiger partial charge in [-0.05, 0) is 60.0 Å². The highest BCUT2D eigenvalue weighted by Gasteiger charge is 2.17. The summed E-state index contributed by atoms with van der Waals surface area (Å²) in [6.07, 6.45) is 4.10. The molecule has 138 valence electrons. The summed E-state index contributed by atoms with van der Waals surface area (Å²) in [6.45, 7) is 1.36. The molecule has 4 nitrogen and oxygen atoms in total. The summed E-state index contributed by atoms with van der Waals surface area (Å²) in [5.74, 6) is 0.604. The van der Waals surface area contributed by atoms with Gasteiger partial charge in [0.15, 0.2) is 0 Å². The quantitative estimate of drug-likeness (QED) is 0.635.